The number of likely N-dealkylation sites (tertiary alicyclic amines) is 1. The first-order valence-electron chi connectivity index (χ1n) is 6.17. The number of halogens is 3. The molecule has 6 heteroatoms. The van der Waals surface area contributed by atoms with E-state index < -0.39 is 5.51 Å². The minimum Gasteiger partial charge on any atom is -0.314 e. The highest BCUT2D eigenvalue weighted by Gasteiger charge is 2.28. The average Bonchev–Trinajstić information content (AvgIpc) is 2.26. The number of alkyl halides is 3. The molecule has 0 amide bonds. The van der Waals surface area contributed by atoms with Gasteiger partial charge >= 0.3 is 5.51 Å². The van der Waals surface area contributed by atoms with E-state index in [2.05, 4.69) is 17.1 Å². The number of hydrogen-bond acceptors (Lipinski definition) is 3. The van der Waals surface area contributed by atoms with Crippen LogP contribution in [0.3, 0.4) is 0 Å². The van der Waals surface area contributed by atoms with E-state index in [-0.39, 0.29) is 17.5 Å². The summed E-state index contributed by atoms with van der Waals surface area (Å²) in [6.45, 7) is 5.55. The number of piperidine rings is 1. The van der Waals surface area contributed by atoms with E-state index in [1.165, 1.54) is 0 Å². The maximum atomic E-state index is 11.9. The standard InChI is InChI=1S/C11H21F3N2S/c1-2-5-15-10-3-6-16(7-4-10)8-9-17-11(12,13)14/h10,15H,2-9H2,1H3. The summed E-state index contributed by atoms with van der Waals surface area (Å²) in [5.74, 6) is 0.149. The van der Waals surface area contributed by atoms with Gasteiger partial charge in [0.25, 0.3) is 0 Å². The monoisotopic (exact) mass is 270 g/mol. The van der Waals surface area contributed by atoms with Gasteiger partial charge < -0.3 is 10.2 Å². The summed E-state index contributed by atoms with van der Waals surface area (Å²) in [7, 11) is 0. The fraction of sp³-hybridized carbons (Fsp3) is 1.00. The zero-order valence-corrected chi connectivity index (χ0v) is 11.0. The Morgan fingerprint density at radius 3 is 2.47 bits per heavy atom. The lowest BCUT2D eigenvalue weighted by atomic mass is 10.1. The molecule has 1 N–H and O–H groups in total. The molecule has 0 saturated carbocycles. The van der Waals surface area contributed by atoms with Crippen molar-refractivity contribution < 1.29 is 13.2 Å². The molecule has 1 heterocycles. The molecule has 1 rings (SSSR count). The summed E-state index contributed by atoms with van der Waals surface area (Å²) in [4.78, 5) is 2.13. The number of thioether (sulfide) groups is 1. The number of hydrogen-bond donors (Lipinski definition) is 1. The maximum Gasteiger partial charge on any atom is 0.441 e. The average molecular weight is 270 g/mol. The van der Waals surface area contributed by atoms with E-state index >= 15 is 0 Å². The van der Waals surface area contributed by atoms with E-state index in [0.717, 1.165) is 38.9 Å². The van der Waals surface area contributed by atoms with Crippen molar-refractivity contribution in [3.05, 3.63) is 0 Å². The molecule has 1 fully saturated rings. The summed E-state index contributed by atoms with van der Waals surface area (Å²) in [5.41, 5.74) is -4.08. The Labute approximate surface area is 105 Å². The lowest BCUT2D eigenvalue weighted by molar-refractivity contribution is -0.0329. The van der Waals surface area contributed by atoms with Crippen LogP contribution in [0.5, 0.6) is 0 Å². The molecule has 0 spiro atoms. The molecule has 1 aliphatic rings. The van der Waals surface area contributed by atoms with Gasteiger partial charge in [-0.3, -0.25) is 0 Å². The molecule has 1 saturated heterocycles. The SMILES string of the molecule is CCCNC1CCN(CCSC(F)(F)F)CC1. The van der Waals surface area contributed by atoms with Crippen LogP contribution in [-0.2, 0) is 0 Å². The first-order valence-corrected chi connectivity index (χ1v) is 7.16. The van der Waals surface area contributed by atoms with Gasteiger partial charge in [-0.15, -0.1) is 0 Å². The van der Waals surface area contributed by atoms with Crippen LogP contribution in [-0.4, -0.2) is 48.4 Å². The molecule has 0 bridgehead atoms. The van der Waals surface area contributed by atoms with Crippen molar-refractivity contribution >= 4 is 11.8 Å². The zero-order valence-electron chi connectivity index (χ0n) is 10.2. The van der Waals surface area contributed by atoms with Crippen LogP contribution in [0.15, 0.2) is 0 Å². The van der Waals surface area contributed by atoms with Gasteiger partial charge in [0.2, 0.25) is 0 Å². The smallest absolute Gasteiger partial charge is 0.314 e. The molecule has 0 radical (unpaired) electrons. The Kier molecular flexibility index (Phi) is 6.66. The fourth-order valence-corrected chi connectivity index (χ4v) is 2.58. The third-order valence-corrected chi connectivity index (χ3v) is 3.66. The quantitative estimate of drug-likeness (QED) is 0.799. The Morgan fingerprint density at radius 2 is 1.94 bits per heavy atom. The molecule has 0 aliphatic carbocycles. The second kappa shape index (κ2) is 7.48. The highest BCUT2D eigenvalue weighted by atomic mass is 32.2. The van der Waals surface area contributed by atoms with Gasteiger partial charge in [-0.1, -0.05) is 6.92 Å². The molecule has 0 atom stereocenters. The third kappa shape index (κ3) is 7.16. The predicted octanol–water partition coefficient (Wildman–Crippen LogP) is 2.70. The van der Waals surface area contributed by atoms with Gasteiger partial charge in [0.05, 0.1) is 0 Å². The van der Waals surface area contributed by atoms with Crippen LogP contribution in [0.2, 0.25) is 0 Å². The molecule has 0 aromatic carbocycles. The van der Waals surface area contributed by atoms with Crippen LogP contribution >= 0.6 is 11.8 Å². The Hall–Kier alpha value is 0.0600. The second-order valence-electron chi connectivity index (χ2n) is 4.36. The maximum absolute atomic E-state index is 11.9. The topological polar surface area (TPSA) is 15.3 Å². The highest BCUT2D eigenvalue weighted by Crippen LogP contribution is 2.30. The van der Waals surface area contributed by atoms with E-state index in [0.29, 0.717) is 12.6 Å². The largest absolute Gasteiger partial charge is 0.441 e. The molecular weight excluding hydrogens is 249 g/mol. The summed E-state index contributed by atoms with van der Waals surface area (Å²) in [6, 6.07) is 0.557. The molecule has 17 heavy (non-hydrogen) atoms. The minimum atomic E-state index is -4.08. The van der Waals surface area contributed by atoms with Crippen molar-refractivity contribution in [1.82, 2.24) is 10.2 Å². The summed E-state index contributed by atoms with van der Waals surface area (Å²) in [5, 5.41) is 3.46. The zero-order chi connectivity index (χ0) is 12.7. The van der Waals surface area contributed by atoms with Gasteiger partial charge in [0.1, 0.15) is 0 Å². The van der Waals surface area contributed by atoms with Gasteiger partial charge in [-0.05, 0) is 50.7 Å². The van der Waals surface area contributed by atoms with Gasteiger partial charge in [0.15, 0.2) is 0 Å². The van der Waals surface area contributed by atoms with Crippen molar-refractivity contribution in [2.75, 3.05) is 31.9 Å². The Bertz CT molecular complexity index is 203. The van der Waals surface area contributed by atoms with Crippen molar-refractivity contribution in [2.45, 2.75) is 37.7 Å². The summed E-state index contributed by atoms with van der Waals surface area (Å²) in [6.07, 6.45) is 3.23. The number of nitrogens with zero attached hydrogens (tertiary/aromatic N) is 1. The van der Waals surface area contributed by atoms with Crippen molar-refractivity contribution in [3.8, 4) is 0 Å². The van der Waals surface area contributed by atoms with Crippen LogP contribution in [0.4, 0.5) is 13.2 Å². The van der Waals surface area contributed by atoms with E-state index in [4.69, 9.17) is 0 Å². The van der Waals surface area contributed by atoms with Crippen LogP contribution in [0.1, 0.15) is 26.2 Å². The van der Waals surface area contributed by atoms with E-state index in [1.807, 2.05) is 0 Å². The van der Waals surface area contributed by atoms with Gasteiger partial charge in [-0.2, -0.15) is 13.2 Å². The van der Waals surface area contributed by atoms with Crippen LogP contribution < -0.4 is 5.32 Å². The second-order valence-corrected chi connectivity index (χ2v) is 5.52. The normalized spacial score (nSPS) is 19.8. The van der Waals surface area contributed by atoms with Crippen molar-refractivity contribution in [3.63, 3.8) is 0 Å². The number of rotatable bonds is 6. The Balaban J connectivity index is 2.07. The fourth-order valence-electron chi connectivity index (χ4n) is 2.00. The molecule has 102 valence electrons. The van der Waals surface area contributed by atoms with Crippen LogP contribution in [0, 0.1) is 0 Å². The summed E-state index contributed by atoms with van der Waals surface area (Å²) >= 11 is 0.0846. The molecule has 2 nitrogen and oxygen atoms in total. The first-order chi connectivity index (χ1) is 8.01. The molecular formula is C11H21F3N2S. The van der Waals surface area contributed by atoms with Gasteiger partial charge in [-0.25, -0.2) is 0 Å². The lowest BCUT2D eigenvalue weighted by Gasteiger charge is -2.32. The summed E-state index contributed by atoms with van der Waals surface area (Å²) < 4.78 is 35.8. The molecule has 1 aliphatic heterocycles. The van der Waals surface area contributed by atoms with Crippen LogP contribution in [0.25, 0.3) is 0 Å². The minimum absolute atomic E-state index is 0.0846. The molecule has 0 unspecified atom stereocenters. The molecule has 0 aromatic heterocycles. The predicted molar refractivity (Wildman–Crippen MR) is 66.3 cm³/mol. The van der Waals surface area contributed by atoms with Crippen molar-refractivity contribution in [2.24, 2.45) is 0 Å². The third-order valence-electron chi connectivity index (χ3n) is 2.94. The lowest BCUT2D eigenvalue weighted by Crippen LogP contribution is -2.43. The van der Waals surface area contributed by atoms with Crippen molar-refractivity contribution in [1.29, 1.82) is 0 Å². The number of nitrogens with one attached hydrogen (secondary N) is 1. The van der Waals surface area contributed by atoms with E-state index in [9.17, 15) is 13.2 Å². The first kappa shape index (κ1) is 15.1. The molecule has 0 aromatic rings. The Morgan fingerprint density at radius 1 is 1.29 bits per heavy atom. The highest BCUT2D eigenvalue weighted by molar-refractivity contribution is 8.00. The van der Waals surface area contributed by atoms with E-state index in [1.54, 1.807) is 0 Å². The van der Waals surface area contributed by atoms with Gasteiger partial charge in [0, 0.05) is 18.3 Å².